The minimum absolute atomic E-state index is 0.0822. The highest BCUT2D eigenvalue weighted by atomic mass is 16.6. The number of morpholine rings is 1. The summed E-state index contributed by atoms with van der Waals surface area (Å²) in [5.41, 5.74) is 0.627. The fraction of sp³-hybridized carbons (Fsp3) is 0.357. The Bertz CT molecular complexity index is 635. The average molecular weight is 288 g/mol. The smallest absolute Gasteiger partial charge is 0.293 e. The first-order chi connectivity index (χ1) is 10.3. The van der Waals surface area contributed by atoms with Gasteiger partial charge in [0.1, 0.15) is 11.5 Å². The predicted molar refractivity (Wildman–Crippen MR) is 76.3 cm³/mol. The number of imidazole rings is 1. The fourth-order valence-electron chi connectivity index (χ4n) is 2.45. The van der Waals surface area contributed by atoms with Gasteiger partial charge in [0.2, 0.25) is 0 Å². The second-order valence-electron chi connectivity index (χ2n) is 4.85. The lowest BCUT2D eigenvalue weighted by atomic mass is 10.2. The Morgan fingerprint density at radius 2 is 2.05 bits per heavy atom. The van der Waals surface area contributed by atoms with Crippen molar-refractivity contribution in [2.45, 2.75) is 6.54 Å². The number of aromatic nitrogens is 2. The summed E-state index contributed by atoms with van der Waals surface area (Å²) >= 11 is 0. The van der Waals surface area contributed by atoms with E-state index >= 15 is 0 Å². The molecular formula is C14H16N4O3. The van der Waals surface area contributed by atoms with Crippen LogP contribution >= 0.6 is 0 Å². The van der Waals surface area contributed by atoms with Gasteiger partial charge in [0.15, 0.2) is 0 Å². The highest BCUT2D eigenvalue weighted by Gasteiger charge is 2.19. The van der Waals surface area contributed by atoms with E-state index in [1.165, 1.54) is 6.07 Å². The fourth-order valence-corrected chi connectivity index (χ4v) is 2.45. The van der Waals surface area contributed by atoms with Crippen molar-refractivity contribution in [1.82, 2.24) is 14.5 Å². The van der Waals surface area contributed by atoms with Gasteiger partial charge < -0.3 is 4.74 Å². The van der Waals surface area contributed by atoms with Gasteiger partial charge in [-0.25, -0.2) is 4.98 Å². The third kappa shape index (κ3) is 2.93. The molecule has 0 atom stereocenters. The minimum Gasteiger partial charge on any atom is -0.379 e. The molecular weight excluding hydrogens is 272 g/mol. The summed E-state index contributed by atoms with van der Waals surface area (Å²) in [6, 6.07) is 6.71. The summed E-state index contributed by atoms with van der Waals surface area (Å²) in [6.45, 7) is 3.79. The number of nitrogens with zero attached hydrogens (tertiary/aromatic N) is 4. The number of nitro groups is 1. The first kappa shape index (κ1) is 13.7. The number of rotatable bonds is 4. The van der Waals surface area contributed by atoms with E-state index < -0.39 is 0 Å². The molecule has 0 saturated carbocycles. The van der Waals surface area contributed by atoms with E-state index in [0.717, 1.165) is 18.9 Å². The van der Waals surface area contributed by atoms with Crippen molar-refractivity contribution in [3.8, 4) is 5.69 Å². The summed E-state index contributed by atoms with van der Waals surface area (Å²) in [5.74, 6) is 0.797. The Morgan fingerprint density at radius 3 is 2.81 bits per heavy atom. The van der Waals surface area contributed by atoms with Crippen LogP contribution in [-0.4, -0.2) is 45.7 Å². The van der Waals surface area contributed by atoms with Crippen LogP contribution in [0.3, 0.4) is 0 Å². The topological polar surface area (TPSA) is 73.4 Å². The van der Waals surface area contributed by atoms with Gasteiger partial charge in [0.25, 0.3) is 5.69 Å². The van der Waals surface area contributed by atoms with Gasteiger partial charge in [0.05, 0.1) is 24.7 Å². The Balaban J connectivity index is 1.90. The number of para-hydroxylation sites is 2. The molecule has 110 valence electrons. The molecule has 0 spiro atoms. The average Bonchev–Trinajstić information content (AvgIpc) is 2.96. The Morgan fingerprint density at radius 1 is 1.29 bits per heavy atom. The summed E-state index contributed by atoms with van der Waals surface area (Å²) in [6.07, 6.45) is 3.44. The zero-order chi connectivity index (χ0) is 14.7. The molecule has 7 nitrogen and oxygen atoms in total. The van der Waals surface area contributed by atoms with E-state index in [0.29, 0.717) is 25.4 Å². The van der Waals surface area contributed by atoms with Crippen LogP contribution in [-0.2, 0) is 11.3 Å². The molecule has 1 aliphatic heterocycles. The summed E-state index contributed by atoms with van der Waals surface area (Å²) in [7, 11) is 0. The standard InChI is InChI=1S/C14H16N4O3/c19-18(20)13-4-2-1-3-12(13)17-6-5-15-14(17)11-16-7-9-21-10-8-16/h1-6H,7-11H2. The molecule has 2 aromatic rings. The zero-order valence-electron chi connectivity index (χ0n) is 11.5. The molecule has 21 heavy (non-hydrogen) atoms. The molecule has 2 heterocycles. The van der Waals surface area contributed by atoms with Gasteiger partial charge in [-0.3, -0.25) is 19.6 Å². The lowest BCUT2D eigenvalue weighted by Crippen LogP contribution is -2.36. The molecule has 7 heteroatoms. The largest absolute Gasteiger partial charge is 0.379 e. The van der Waals surface area contributed by atoms with E-state index in [-0.39, 0.29) is 10.6 Å². The number of hydrogen-bond acceptors (Lipinski definition) is 5. The zero-order valence-corrected chi connectivity index (χ0v) is 11.5. The Kier molecular flexibility index (Phi) is 3.94. The summed E-state index contributed by atoms with van der Waals surface area (Å²) < 4.78 is 7.11. The third-order valence-corrected chi connectivity index (χ3v) is 3.52. The predicted octanol–water partition coefficient (Wildman–Crippen LogP) is 1.61. The second-order valence-corrected chi connectivity index (χ2v) is 4.85. The molecule has 1 saturated heterocycles. The van der Waals surface area contributed by atoms with Crippen molar-refractivity contribution in [3.63, 3.8) is 0 Å². The van der Waals surface area contributed by atoms with Crippen LogP contribution in [0.5, 0.6) is 0 Å². The quantitative estimate of drug-likeness (QED) is 0.631. The molecule has 0 amide bonds. The van der Waals surface area contributed by atoms with E-state index in [4.69, 9.17) is 4.74 Å². The molecule has 0 N–H and O–H groups in total. The van der Waals surface area contributed by atoms with Crippen LogP contribution < -0.4 is 0 Å². The molecule has 1 fully saturated rings. The normalized spacial score (nSPS) is 16.0. The van der Waals surface area contributed by atoms with Crippen LogP contribution in [0.1, 0.15) is 5.82 Å². The van der Waals surface area contributed by atoms with Gasteiger partial charge in [-0.2, -0.15) is 0 Å². The van der Waals surface area contributed by atoms with Crippen LogP contribution in [0.25, 0.3) is 5.69 Å². The maximum absolute atomic E-state index is 11.2. The third-order valence-electron chi connectivity index (χ3n) is 3.52. The highest BCUT2D eigenvalue weighted by molar-refractivity contribution is 5.52. The van der Waals surface area contributed by atoms with E-state index in [1.54, 1.807) is 35.2 Å². The van der Waals surface area contributed by atoms with Crippen LogP contribution in [0, 0.1) is 10.1 Å². The molecule has 3 rings (SSSR count). The van der Waals surface area contributed by atoms with Crippen LogP contribution in [0.15, 0.2) is 36.7 Å². The molecule has 0 aliphatic carbocycles. The lowest BCUT2D eigenvalue weighted by molar-refractivity contribution is -0.384. The van der Waals surface area contributed by atoms with Crippen molar-refractivity contribution in [2.75, 3.05) is 26.3 Å². The Hall–Kier alpha value is -2.25. The maximum Gasteiger partial charge on any atom is 0.293 e. The van der Waals surface area contributed by atoms with Crippen molar-refractivity contribution in [1.29, 1.82) is 0 Å². The highest BCUT2D eigenvalue weighted by Crippen LogP contribution is 2.23. The first-order valence-electron chi connectivity index (χ1n) is 6.82. The SMILES string of the molecule is O=[N+]([O-])c1ccccc1-n1ccnc1CN1CCOCC1. The van der Waals surface area contributed by atoms with E-state index in [2.05, 4.69) is 9.88 Å². The molecule has 0 radical (unpaired) electrons. The van der Waals surface area contributed by atoms with Crippen molar-refractivity contribution in [3.05, 3.63) is 52.6 Å². The summed E-state index contributed by atoms with van der Waals surface area (Å²) in [4.78, 5) is 17.4. The summed E-state index contributed by atoms with van der Waals surface area (Å²) in [5, 5.41) is 11.2. The number of nitro benzene ring substituents is 1. The van der Waals surface area contributed by atoms with Gasteiger partial charge >= 0.3 is 0 Å². The molecule has 1 aromatic heterocycles. The van der Waals surface area contributed by atoms with Crippen molar-refractivity contribution < 1.29 is 9.66 Å². The minimum atomic E-state index is -0.367. The Labute approximate surface area is 121 Å². The van der Waals surface area contributed by atoms with E-state index in [1.807, 2.05) is 0 Å². The van der Waals surface area contributed by atoms with Gasteiger partial charge in [-0.05, 0) is 6.07 Å². The first-order valence-corrected chi connectivity index (χ1v) is 6.82. The van der Waals surface area contributed by atoms with Crippen molar-refractivity contribution in [2.24, 2.45) is 0 Å². The molecule has 0 bridgehead atoms. The van der Waals surface area contributed by atoms with Gasteiger partial charge in [-0.1, -0.05) is 12.1 Å². The van der Waals surface area contributed by atoms with Crippen LogP contribution in [0.2, 0.25) is 0 Å². The monoisotopic (exact) mass is 288 g/mol. The molecule has 1 aromatic carbocycles. The second kappa shape index (κ2) is 6.02. The lowest BCUT2D eigenvalue weighted by Gasteiger charge is -2.26. The molecule has 0 unspecified atom stereocenters. The van der Waals surface area contributed by atoms with Crippen molar-refractivity contribution >= 4 is 5.69 Å². The maximum atomic E-state index is 11.2. The van der Waals surface area contributed by atoms with Gasteiger partial charge in [0, 0.05) is 31.5 Å². The van der Waals surface area contributed by atoms with E-state index in [9.17, 15) is 10.1 Å². The number of hydrogen-bond donors (Lipinski definition) is 0. The molecule has 1 aliphatic rings. The van der Waals surface area contributed by atoms with Crippen LogP contribution in [0.4, 0.5) is 5.69 Å². The van der Waals surface area contributed by atoms with Gasteiger partial charge in [-0.15, -0.1) is 0 Å². The number of benzene rings is 1. The number of ether oxygens (including phenoxy) is 1.